The Hall–Kier alpha value is -0.465. The molecule has 123 valence electrons. The van der Waals surface area contributed by atoms with Crippen molar-refractivity contribution < 1.29 is 4.79 Å². The Morgan fingerprint density at radius 1 is 0.789 bits per heavy atom. The number of carbonyl (C=O) groups excluding carboxylic acids is 1. The average Bonchev–Trinajstić information content (AvgIpc) is 2.06. The van der Waals surface area contributed by atoms with Gasteiger partial charge in [-0.1, -0.05) is 77.7 Å². The van der Waals surface area contributed by atoms with Crippen LogP contribution in [0.15, 0.2) is 0 Å². The standard InChI is InChI=1S/2C4H10.C3H7NO.C2H6.3CH4.B/c2*1-4(2)3;1-3(5)4-2;1-2;;;;/h2*4H,1-3H3;1-2H3,(H,4,5);1-2H3;3*1H4;. The highest BCUT2D eigenvalue weighted by Crippen LogP contribution is 1.81. The lowest BCUT2D eigenvalue weighted by Crippen LogP contribution is -2.11. The molecule has 0 aromatic carbocycles. The second-order valence-electron chi connectivity index (χ2n) is 4.27. The smallest absolute Gasteiger partial charge is 0.216 e. The third-order valence-electron chi connectivity index (χ3n) is 0.352. The first-order valence-corrected chi connectivity index (χ1v) is 5.92. The molecule has 0 spiro atoms. The van der Waals surface area contributed by atoms with Gasteiger partial charge in [0.15, 0.2) is 0 Å². The molecular formula is C16H45BNO. The molecule has 0 fully saturated rings. The van der Waals surface area contributed by atoms with E-state index in [0.717, 1.165) is 11.8 Å². The molecule has 0 saturated heterocycles. The van der Waals surface area contributed by atoms with E-state index in [4.69, 9.17) is 0 Å². The molecule has 0 atom stereocenters. The van der Waals surface area contributed by atoms with E-state index in [1.54, 1.807) is 7.05 Å². The average molecular weight is 278 g/mol. The van der Waals surface area contributed by atoms with Crippen LogP contribution in [0, 0.1) is 11.8 Å². The molecule has 19 heavy (non-hydrogen) atoms. The number of amides is 1. The highest BCUT2D eigenvalue weighted by Gasteiger charge is 1.72. The summed E-state index contributed by atoms with van der Waals surface area (Å²) in [4.78, 5) is 9.70. The van der Waals surface area contributed by atoms with Gasteiger partial charge >= 0.3 is 0 Å². The Kier molecular flexibility index (Phi) is 143. The van der Waals surface area contributed by atoms with E-state index in [1.165, 1.54) is 6.92 Å². The molecule has 0 rings (SSSR count). The van der Waals surface area contributed by atoms with Gasteiger partial charge in [0.2, 0.25) is 5.91 Å². The molecular weight excluding hydrogens is 233 g/mol. The minimum atomic E-state index is 0. The molecule has 0 aromatic rings. The fourth-order valence-electron chi connectivity index (χ4n) is 0. The fraction of sp³-hybridized carbons (Fsp3) is 0.938. The van der Waals surface area contributed by atoms with E-state index in [-0.39, 0.29) is 36.6 Å². The van der Waals surface area contributed by atoms with Gasteiger partial charge in [0.05, 0.1) is 0 Å². The number of nitrogens with one attached hydrogen (secondary N) is 1. The lowest BCUT2D eigenvalue weighted by Gasteiger charge is -1.80. The zero-order valence-corrected chi connectivity index (χ0v) is 13.1. The lowest BCUT2D eigenvalue weighted by atomic mass is 10.3. The molecule has 1 N–H and O–H groups in total. The maximum Gasteiger partial charge on any atom is 0.216 e. The Bertz CT molecular complexity index is 93.4. The van der Waals surface area contributed by atoms with Gasteiger partial charge < -0.3 is 5.32 Å². The van der Waals surface area contributed by atoms with E-state index in [0.29, 0.717) is 0 Å². The van der Waals surface area contributed by atoms with Gasteiger partial charge in [-0.25, -0.2) is 0 Å². The molecule has 0 aliphatic heterocycles. The molecule has 3 heteroatoms. The second-order valence-corrected chi connectivity index (χ2v) is 4.27. The maximum atomic E-state index is 9.70. The van der Waals surface area contributed by atoms with Crippen molar-refractivity contribution >= 4 is 14.3 Å². The summed E-state index contributed by atoms with van der Waals surface area (Å²) in [5.74, 6) is 1.67. The number of hydrogen-bond acceptors (Lipinski definition) is 1. The van der Waals surface area contributed by atoms with Gasteiger partial charge in [-0.2, -0.15) is 0 Å². The van der Waals surface area contributed by atoms with E-state index in [1.807, 2.05) is 13.8 Å². The molecule has 1 amide bonds. The van der Waals surface area contributed by atoms with Crippen LogP contribution in [0.25, 0.3) is 0 Å². The van der Waals surface area contributed by atoms with E-state index in [9.17, 15) is 4.79 Å². The molecule has 0 saturated carbocycles. The molecule has 0 unspecified atom stereocenters. The van der Waals surface area contributed by atoms with Crippen LogP contribution in [-0.2, 0) is 4.79 Å². The Morgan fingerprint density at radius 2 is 0.842 bits per heavy atom. The predicted octanol–water partition coefficient (Wildman–Crippen LogP) is 5.63. The zero-order valence-electron chi connectivity index (χ0n) is 13.1. The van der Waals surface area contributed by atoms with Gasteiger partial charge in [0.25, 0.3) is 0 Å². The van der Waals surface area contributed by atoms with Crippen molar-refractivity contribution in [3.8, 4) is 0 Å². The molecule has 0 bridgehead atoms. The topological polar surface area (TPSA) is 29.1 Å². The Morgan fingerprint density at radius 3 is 0.842 bits per heavy atom. The van der Waals surface area contributed by atoms with Crippen LogP contribution in [0.3, 0.4) is 0 Å². The van der Waals surface area contributed by atoms with Crippen LogP contribution in [-0.4, -0.2) is 21.4 Å². The SMILES string of the molecule is C.C.C.CC.CC(C)C.CC(C)C.CNC(C)=O.[B]. The van der Waals surface area contributed by atoms with Crippen LogP contribution in [0.2, 0.25) is 0 Å². The quantitative estimate of drug-likeness (QED) is 0.571. The summed E-state index contributed by atoms with van der Waals surface area (Å²) in [7, 11) is 1.60. The van der Waals surface area contributed by atoms with Crippen molar-refractivity contribution in [2.75, 3.05) is 7.05 Å². The van der Waals surface area contributed by atoms with E-state index < -0.39 is 0 Å². The third kappa shape index (κ3) is 1800. The molecule has 0 aromatic heterocycles. The van der Waals surface area contributed by atoms with Crippen molar-refractivity contribution in [3.63, 3.8) is 0 Å². The Balaban J connectivity index is -0.0000000136. The van der Waals surface area contributed by atoms with Gasteiger partial charge in [-0.15, -0.1) is 0 Å². The predicted molar refractivity (Wildman–Crippen MR) is 98.1 cm³/mol. The first-order chi connectivity index (χ1) is 6.73. The van der Waals surface area contributed by atoms with Crippen molar-refractivity contribution in [1.82, 2.24) is 5.32 Å². The summed E-state index contributed by atoms with van der Waals surface area (Å²) >= 11 is 0. The van der Waals surface area contributed by atoms with Crippen molar-refractivity contribution in [1.29, 1.82) is 0 Å². The van der Waals surface area contributed by atoms with Crippen LogP contribution in [0.4, 0.5) is 0 Å². The van der Waals surface area contributed by atoms with Crippen LogP contribution in [0.5, 0.6) is 0 Å². The van der Waals surface area contributed by atoms with Crippen molar-refractivity contribution in [2.45, 2.75) is 84.6 Å². The number of hydrogen-bond donors (Lipinski definition) is 1. The van der Waals surface area contributed by atoms with E-state index in [2.05, 4.69) is 46.9 Å². The fourth-order valence-corrected chi connectivity index (χ4v) is 0. The summed E-state index contributed by atoms with van der Waals surface area (Å²) in [6.07, 6.45) is 0. The summed E-state index contributed by atoms with van der Waals surface area (Å²) in [5.41, 5.74) is 0. The van der Waals surface area contributed by atoms with Crippen LogP contribution in [0.1, 0.15) is 84.6 Å². The van der Waals surface area contributed by atoms with Crippen LogP contribution < -0.4 is 5.32 Å². The monoisotopic (exact) mass is 278 g/mol. The van der Waals surface area contributed by atoms with Gasteiger partial charge in [-0.3, -0.25) is 4.79 Å². The molecule has 0 aliphatic rings. The van der Waals surface area contributed by atoms with Gasteiger partial charge in [-0.05, 0) is 11.8 Å². The number of carbonyl (C=O) groups is 1. The first kappa shape index (κ1) is 51.3. The first-order valence-electron chi connectivity index (χ1n) is 5.92. The third-order valence-corrected chi connectivity index (χ3v) is 0.352. The van der Waals surface area contributed by atoms with Crippen molar-refractivity contribution in [2.24, 2.45) is 11.8 Å². The largest absolute Gasteiger partial charge is 0.359 e. The minimum absolute atomic E-state index is 0. The molecule has 2 nitrogen and oxygen atoms in total. The van der Waals surface area contributed by atoms with Gasteiger partial charge in [0, 0.05) is 22.4 Å². The van der Waals surface area contributed by atoms with E-state index >= 15 is 0 Å². The number of rotatable bonds is 0. The highest BCUT2D eigenvalue weighted by molar-refractivity contribution is 5.75. The molecule has 0 heterocycles. The Labute approximate surface area is 128 Å². The summed E-state index contributed by atoms with van der Waals surface area (Å²) < 4.78 is 0. The lowest BCUT2D eigenvalue weighted by molar-refractivity contribution is -0.118. The molecule has 3 radical (unpaired) electrons. The summed E-state index contributed by atoms with van der Waals surface area (Å²) in [6.45, 7) is 18.5. The maximum absolute atomic E-state index is 9.70. The van der Waals surface area contributed by atoms with Gasteiger partial charge in [0.1, 0.15) is 0 Å². The highest BCUT2D eigenvalue weighted by atomic mass is 16.1. The second kappa shape index (κ2) is 52.7. The van der Waals surface area contributed by atoms with Crippen molar-refractivity contribution in [3.05, 3.63) is 0 Å². The van der Waals surface area contributed by atoms with Crippen LogP contribution >= 0.6 is 0 Å². The zero-order chi connectivity index (χ0) is 13.4. The summed E-state index contributed by atoms with van der Waals surface area (Å²) in [6, 6.07) is 0. The summed E-state index contributed by atoms with van der Waals surface area (Å²) in [5, 5.41) is 2.39. The normalized spacial score (nSPS) is 5.89. The minimum Gasteiger partial charge on any atom is -0.359 e. The molecule has 0 aliphatic carbocycles.